The second kappa shape index (κ2) is 5.47. The first kappa shape index (κ1) is 14.9. The highest BCUT2D eigenvalue weighted by Crippen LogP contribution is 2.15. The Morgan fingerprint density at radius 1 is 1.24 bits per heavy atom. The van der Waals surface area contributed by atoms with Gasteiger partial charge in [-0.05, 0) is 25.5 Å². The summed E-state index contributed by atoms with van der Waals surface area (Å²) in [7, 11) is 0. The largest absolute Gasteiger partial charge is 0.478 e. The highest BCUT2D eigenvalue weighted by atomic mass is 19.1. The molecule has 1 heterocycles. The maximum atomic E-state index is 13.7. The van der Waals surface area contributed by atoms with Crippen LogP contribution in [-0.2, 0) is 6.54 Å². The fourth-order valence-corrected chi connectivity index (χ4v) is 2.26. The molecule has 110 valence electrons. The molecular weight excluding hydrogens is 280 g/mol. The lowest BCUT2D eigenvalue weighted by atomic mass is 10.1. The average molecular weight is 293 g/mol. The molecule has 0 aliphatic carbocycles. The van der Waals surface area contributed by atoms with E-state index in [1.54, 1.807) is 0 Å². The number of rotatable bonds is 3. The SMILES string of the molecule is Cc1cc(=O)n(Cc2ccc(F)cc2F)c(C)c1C(=O)O. The molecule has 2 aromatic rings. The van der Waals surface area contributed by atoms with Gasteiger partial charge in [-0.25, -0.2) is 13.6 Å². The molecule has 21 heavy (non-hydrogen) atoms. The van der Waals surface area contributed by atoms with Crippen molar-refractivity contribution in [1.82, 2.24) is 4.57 Å². The zero-order valence-corrected chi connectivity index (χ0v) is 11.5. The predicted molar refractivity (Wildman–Crippen MR) is 72.6 cm³/mol. The summed E-state index contributed by atoms with van der Waals surface area (Å²) in [6, 6.07) is 4.24. The molecule has 0 radical (unpaired) electrons. The van der Waals surface area contributed by atoms with Crippen LogP contribution in [0.5, 0.6) is 0 Å². The summed E-state index contributed by atoms with van der Waals surface area (Å²) < 4.78 is 27.7. The van der Waals surface area contributed by atoms with Gasteiger partial charge in [0, 0.05) is 23.4 Å². The molecular formula is C15H13F2NO3. The van der Waals surface area contributed by atoms with Crippen molar-refractivity contribution in [2.24, 2.45) is 0 Å². The number of hydrogen-bond donors (Lipinski definition) is 1. The lowest BCUT2D eigenvalue weighted by Gasteiger charge is -2.14. The zero-order chi connectivity index (χ0) is 15.7. The standard InChI is InChI=1S/C15H13F2NO3/c1-8-5-13(19)18(9(2)14(8)15(20)21)7-10-3-4-11(16)6-12(10)17/h3-6H,7H2,1-2H3,(H,20,21). The Bertz CT molecular complexity index is 781. The molecule has 0 amide bonds. The number of aromatic carboxylic acids is 1. The minimum Gasteiger partial charge on any atom is -0.478 e. The van der Waals surface area contributed by atoms with E-state index in [0.717, 1.165) is 16.7 Å². The van der Waals surface area contributed by atoms with Crippen molar-refractivity contribution in [2.75, 3.05) is 0 Å². The molecule has 0 saturated carbocycles. The number of benzene rings is 1. The summed E-state index contributed by atoms with van der Waals surface area (Å²) in [6.45, 7) is 2.86. The number of aryl methyl sites for hydroxylation is 1. The van der Waals surface area contributed by atoms with Gasteiger partial charge in [0.15, 0.2) is 0 Å². The molecule has 0 atom stereocenters. The van der Waals surface area contributed by atoms with Crippen LogP contribution in [0.2, 0.25) is 0 Å². The molecule has 0 saturated heterocycles. The number of carbonyl (C=O) groups is 1. The first-order chi connectivity index (χ1) is 9.81. The first-order valence-electron chi connectivity index (χ1n) is 6.19. The molecule has 1 aromatic carbocycles. The first-order valence-corrected chi connectivity index (χ1v) is 6.19. The second-order valence-electron chi connectivity index (χ2n) is 4.75. The van der Waals surface area contributed by atoms with Crippen molar-refractivity contribution in [3.05, 3.63) is 68.6 Å². The minimum absolute atomic E-state index is 0.0112. The molecule has 2 rings (SSSR count). The summed E-state index contributed by atoms with van der Waals surface area (Å²) in [5.41, 5.74) is 0.273. The predicted octanol–water partition coefficient (Wildman–Crippen LogP) is 2.49. The number of nitrogens with zero attached hydrogens (tertiary/aromatic N) is 1. The van der Waals surface area contributed by atoms with Crippen LogP contribution in [0, 0.1) is 25.5 Å². The van der Waals surface area contributed by atoms with Crippen LogP contribution >= 0.6 is 0 Å². The van der Waals surface area contributed by atoms with Crippen molar-refractivity contribution in [3.8, 4) is 0 Å². The minimum atomic E-state index is -1.15. The van der Waals surface area contributed by atoms with Gasteiger partial charge in [-0.2, -0.15) is 0 Å². The smallest absolute Gasteiger partial charge is 0.337 e. The molecule has 4 nitrogen and oxygen atoms in total. The van der Waals surface area contributed by atoms with E-state index >= 15 is 0 Å². The number of hydrogen-bond acceptors (Lipinski definition) is 2. The molecule has 0 bridgehead atoms. The van der Waals surface area contributed by atoms with Gasteiger partial charge in [0.2, 0.25) is 0 Å². The van der Waals surface area contributed by atoms with Crippen molar-refractivity contribution in [2.45, 2.75) is 20.4 Å². The Morgan fingerprint density at radius 3 is 2.48 bits per heavy atom. The maximum Gasteiger partial charge on any atom is 0.337 e. The molecule has 1 aromatic heterocycles. The third-order valence-electron chi connectivity index (χ3n) is 3.32. The number of carboxylic acids is 1. The highest BCUT2D eigenvalue weighted by Gasteiger charge is 2.16. The van der Waals surface area contributed by atoms with Gasteiger partial charge in [-0.15, -0.1) is 0 Å². The van der Waals surface area contributed by atoms with Gasteiger partial charge in [-0.1, -0.05) is 6.07 Å². The molecule has 6 heteroatoms. The Morgan fingerprint density at radius 2 is 1.90 bits per heavy atom. The Balaban J connectivity index is 2.57. The third-order valence-corrected chi connectivity index (χ3v) is 3.32. The number of pyridine rings is 1. The summed E-state index contributed by atoms with van der Waals surface area (Å²) >= 11 is 0. The summed E-state index contributed by atoms with van der Waals surface area (Å²) in [4.78, 5) is 23.2. The quantitative estimate of drug-likeness (QED) is 0.946. The van der Waals surface area contributed by atoms with Crippen LogP contribution in [0.1, 0.15) is 27.2 Å². The van der Waals surface area contributed by atoms with Gasteiger partial charge in [-0.3, -0.25) is 4.79 Å². The monoisotopic (exact) mass is 293 g/mol. The number of carboxylic acid groups (broad SMARTS) is 1. The van der Waals surface area contributed by atoms with E-state index in [1.165, 1.54) is 26.0 Å². The van der Waals surface area contributed by atoms with Crippen LogP contribution in [0.3, 0.4) is 0 Å². The van der Waals surface area contributed by atoms with E-state index in [0.29, 0.717) is 5.56 Å². The zero-order valence-electron chi connectivity index (χ0n) is 11.5. The molecule has 0 unspecified atom stereocenters. The Hall–Kier alpha value is -2.50. The Labute approximate surface area is 119 Å². The average Bonchev–Trinajstić information content (AvgIpc) is 2.35. The van der Waals surface area contributed by atoms with Gasteiger partial charge >= 0.3 is 5.97 Å². The Kier molecular flexibility index (Phi) is 3.88. The van der Waals surface area contributed by atoms with Crippen LogP contribution in [0.25, 0.3) is 0 Å². The molecule has 0 aliphatic rings. The van der Waals surface area contributed by atoms with Gasteiger partial charge in [0.05, 0.1) is 12.1 Å². The van der Waals surface area contributed by atoms with E-state index in [9.17, 15) is 23.5 Å². The third kappa shape index (κ3) is 2.84. The molecule has 1 N–H and O–H groups in total. The van der Waals surface area contributed by atoms with Crippen molar-refractivity contribution < 1.29 is 18.7 Å². The summed E-state index contributed by atoms with van der Waals surface area (Å²) in [6.07, 6.45) is 0. The van der Waals surface area contributed by atoms with Crippen molar-refractivity contribution >= 4 is 5.97 Å². The normalized spacial score (nSPS) is 10.7. The molecule has 0 fully saturated rings. The lowest BCUT2D eigenvalue weighted by Crippen LogP contribution is -2.26. The van der Waals surface area contributed by atoms with E-state index in [2.05, 4.69) is 0 Å². The summed E-state index contributed by atoms with van der Waals surface area (Å²) in [5.74, 6) is -2.65. The summed E-state index contributed by atoms with van der Waals surface area (Å²) in [5, 5.41) is 9.18. The second-order valence-corrected chi connectivity index (χ2v) is 4.75. The van der Waals surface area contributed by atoms with Gasteiger partial charge in [0.1, 0.15) is 11.6 Å². The van der Waals surface area contributed by atoms with Crippen LogP contribution < -0.4 is 5.56 Å². The van der Waals surface area contributed by atoms with Crippen LogP contribution in [-0.4, -0.2) is 15.6 Å². The van der Waals surface area contributed by atoms with E-state index in [4.69, 9.17) is 0 Å². The molecule has 0 spiro atoms. The van der Waals surface area contributed by atoms with E-state index in [1.807, 2.05) is 0 Å². The topological polar surface area (TPSA) is 59.3 Å². The van der Waals surface area contributed by atoms with Crippen molar-refractivity contribution in [3.63, 3.8) is 0 Å². The van der Waals surface area contributed by atoms with Gasteiger partial charge in [0.25, 0.3) is 5.56 Å². The molecule has 0 aliphatic heterocycles. The lowest BCUT2D eigenvalue weighted by molar-refractivity contribution is 0.0694. The fraction of sp³-hybridized carbons (Fsp3) is 0.200. The highest BCUT2D eigenvalue weighted by molar-refractivity contribution is 5.90. The van der Waals surface area contributed by atoms with Gasteiger partial charge < -0.3 is 9.67 Å². The van der Waals surface area contributed by atoms with Crippen LogP contribution in [0.4, 0.5) is 8.78 Å². The number of aromatic nitrogens is 1. The fourth-order valence-electron chi connectivity index (χ4n) is 2.26. The van der Waals surface area contributed by atoms with E-state index in [-0.39, 0.29) is 23.4 Å². The number of halogens is 2. The maximum absolute atomic E-state index is 13.7. The van der Waals surface area contributed by atoms with Crippen molar-refractivity contribution in [1.29, 1.82) is 0 Å². The van der Waals surface area contributed by atoms with E-state index < -0.39 is 23.2 Å². The van der Waals surface area contributed by atoms with Crippen LogP contribution in [0.15, 0.2) is 29.1 Å².